The average Bonchev–Trinajstić information content (AvgIpc) is 2.87. The lowest BCUT2D eigenvalue weighted by Gasteiger charge is -2.28. The van der Waals surface area contributed by atoms with E-state index in [-0.39, 0.29) is 18.1 Å². The molecule has 3 rings (SSSR count). The van der Waals surface area contributed by atoms with Crippen molar-refractivity contribution in [1.82, 2.24) is 4.57 Å². The number of para-hydroxylation sites is 1. The highest BCUT2D eigenvalue weighted by Gasteiger charge is 2.34. The number of aryl methyl sites for hydroxylation is 1. The Labute approximate surface area is 123 Å². The summed E-state index contributed by atoms with van der Waals surface area (Å²) in [5, 5.41) is 0. The van der Waals surface area contributed by atoms with Gasteiger partial charge in [0.1, 0.15) is 24.1 Å². The van der Waals surface area contributed by atoms with Crippen molar-refractivity contribution in [2.75, 3.05) is 7.11 Å². The largest absolute Gasteiger partial charge is 0.490 e. The summed E-state index contributed by atoms with van der Waals surface area (Å²) < 4.78 is 14.6. The molecule has 0 aliphatic carbocycles. The van der Waals surface area contributed by atoms with Crippen molar-refractivity contribution in [1.29, 1.82) is 0 Å². The SMILES string of the molecule is COC(=O)c1c[n+](C)cn1[C@H]1C[C@H](C)Oc2ccccc21. The molecule has 110 valence electrons. The Kier molecular flexibility index (Phi) is 3.41. The van der Waals surface area contributed by atoms with E-state index in [4.69, 9.17) is 9.47 Å². The van der Waals surface area contributed by atoms with Crippen molar-refractivity contribution < 1.29 is 18.8 Å². The molecule has 21 heavy (non-hydrogen) atoms. The monoisotopic (exact) mass is 287 g/mol. The van der Waals surface area contributed by atoms with Crippen LogP contribution in [0.15, 0.2) is 36.8 Å². The van der Waals surface area contributed by atoms with Crippen molar-refractivity contribution >= 4 is 5.97 Å². The lowest BCUT2D eigenvalue weighted by Crippen LogP contribution is -2.29. The van der Waals surface area contributed by atoms with Gasteiger partial charge >= 0.3 is 5.97 Å². The van der Waals surface area contributed by atoms with Crippen LogP contribution in [0.1, 0.15) is 35.4 Å². The van der Waals surface area contributed by atoms with E-state index in [1.54, 1.807) is 6.20 Å². The van der Waals surface area contributed by atoms with E-state index in [1.165, 1.54) is 7.11 Å². The Hall–Kier alpha value is -2.30. The minimum atomic E-state index is -0.327. The molecular weight excluding hydrogens is 268 g/mol. The van der Waals surface area contributed by atoms with E-state index in [9.17, 15) is 4.79 Å². The van der Waals surface area contributed by atoms with E-state index >= 15 is 0 Å². The summed E-state index contributed by atoms with van der Waals surface area (Å²) in [6.07, 6.45) is 4.62. The van der Waals surface area contributed by atoms with Crippen molar-refractivity contribution in [2.45, 2.75) is 25.5 Å². The maximum absolute atomic E-state index is 12.0. The number of ether oxygens (including phenoxy) is 2. The van der Waals surface area contributed by atoms with Crippen molar-refractivity contribution in [3.63, 3.8) is 0 Å². The fourth-order valence-corrected chi connectivity index (χ4v) is 2.90. The first kappa shape index (κ1) is 13.7. The van der Waals surface area contributed by atoms with Gasteiger partial charge in [0.2, 0.25) is 6.33 Å². The molecule has 1 aromatic heterocycles. The molecule has 2 atom stereocenters. The van der Waals surface area contributed by atoms with Crippen LogP contribution in [0.25, 0.3) is 0 Å². The smallest absolute Gasteiger partial charge is 0.382 e. The van der Waals surface area contributed by atoms with Crippen LogP contribution < -0.4 is 9.30 Å². The van der Waals surface area contributed by atoms with Crippen LogP contribution in [0.2, 0.25) is 0 Å². The number of carbonyl (C=O) groups is 1. The zero-order valence-corrected chi connectivity index (χ0v) is 12.4. The molecule has 0 bridgehead atoms. The Bertz CT molecular complexity index is 678. The number of hydrogen-bond acceptors (Lipinski definition) is 3. The maximum atomic E-state index is 12.0. The summed E-state index contributed by atoms with van der Waals surface area (Å²) >= 11 is 0. The van der Waals surface area contributed by atoms with Gasteiger partial charge in [-0.15, -0.1) is 0 Å². The number of esters is 1. The molecule has 2 heterocycles. The summed E-state index contributed by atoms with van der Waals surface area (Å²) in [7, 11) is 3.30. The molecule has 0 N–H and O–H groups in total. The van der Waals surface area contributed by atoms with Crippen molar-refractivity contribution in [3.8, 4) is 5.75 Å². The molecule has 1 aromatic carbocycles. The fourth-order valence-electron chi connectivity index (χ4n) is 2.90. The summed E-state index contributed by atoms with van der Waals surface area (Å²) in [6.45, 7) is 2.05. The lowest BCUT2D eigenvalue weighted by atomic mass is 9.96. The molecule has 5 heteroatoms. The Morgan fingerprint density at radius 2 is 2.19 bits per heavy atom. The zero-order chi connectivity index (χ0) is 15.0. The molecule has 1 aliphatic rings. The highest BCUT2D eigenvalue weighted by Crippen LogP contribution is 2.37. The first-order valence-electron chi connectivity index (χ1n) is 7.01. The van der Waals surface area contributed by atoms with Crippen LogP contribution in [0.5, 0.6) is 5.75 Å². The Morgan fingerprint density at radius 1 is 1.43 bits per heavy atom. The molecule has 0 unspecified atom stereocenters. The highest BCUT2D eigenvalue weighted by atomic mass is 16.5. The number of fused-ring (bicyclic) bond motifs is 1. The van der Waals surface area contributed by atoms with Gasteiger partial charge in [0.15, 0.2) is 0 Å². The van der Waals surface area contributed by atoms with Crippen LogP contribution in [-0.4, -0.2) is 23.8 Å². The van der Waals surface area contributed by atoms with E-state index in [0.717, 1.165) is 17.7 Å². The van der Waals surface area contributed by atoms with Gasteiger partial charge in [-0.3, -0.25) is 0 Å². The third kappa shape index (κ3) is 2.39. The first-order chi connectivity index (χ1) is 10.1. The Morgan fingerprint density at radius 3 is 2.95 bits per heavy atom. The van der Waals surface area contributed by atoms with Gasteiger partial charge in [0.25, 0.3) is 5.69 Å². The van der Waals surface area contributed by atoms with Crippen molar-refractivity contribution in [2.24, 2.45) is 7.05 Å². The predicted octanol–water partition coefficient (Wildman–Crippen LogP) is 1.86. The van der Waals surface area contributed by atoms with Crippen LogP contribution in [0, 0.1) is 0 Å². The molecule has 0 fully saturated rings. The molecule has 0 amide bonds. The van der Waals surface area contributed by atoms with Crippen molar-refractivity contribution in [3.05, 3.63) is 48.0 Å². The van der Waals surface area contributed by atoms with Gasteiger partial charge in [0, 0.05) is 12.0 Å². The molecule has 2 aromatic rings. The molecule has 5 nitrogen and oxygen atoms in total. The number of carbonyl (C=O) groups excluding carboxylic acids is 1. The number of imidazole rings is 1. The van der Waals surface area contributed by atoms with E-state index in [2.05, 4.69) is 0 Å². The fraction of sp³-hybridized carbons (Fsp3) is 0.375. The van der Waals surface area contributed by atoms with Crippen LogP contribution in [0.4, 0.5) is 0 Å². The minimum Gasteiger partial charge on any atom is -0.490 e. The first-order valence-corrected chi connectivity index (χ1v) is 7.01. The second kappa shape index (κ2) is 5.24. The van der Waals surface area contributed by atoms with Gasteiger partial charge in [-0.1, -0.05) is 18.2 Å². The molecule has 1 aliphatic heterocycles. The number of methoxy groups -OCH3 is 1. The van der Waals surface area contributed by atoms with E-state index in [0.29, 0.717) is 5.69 Å². The van der Waals surface area contributed by atoms with Gasteiger partial charge < -0.3 is 9.47 Å². The number of rotatable bonds is 2. The quantitative estimate of drug-likeness (QED) is 0.625. The van der Waals surface area contributed by atoms with Crippen LogP contribution in [-0.2, 0) is 11.8 Å². The van der Waals surface area contributed by atoms with Gasteiger partial charge in [-0.25, -0.2) is 13.9 Å². The highest BCUT2D eigenvalue weighted by molar-refractivity contribution is 5.87. The number of nitrogens with zero attached hydrogens (tertiary/aromatic N) is 2. The minimum absolute atomic E-state index is 0.0697. The van der Waals surface area contributed by atoms with E-state index in [1.807, 2.05) is 53.7 Å². The van der Waals surface area contributed by atoms with Gasteiger partial charge in [0.05, 0.1) is 14.2 Å². The third-order valence-electron chi connectivity index (χ3n) is 3.80. The Balaban J connectivity index is 2.11. The average molecular weight is 287 g/mol. The number of benzene rings is 1. The number of aromatic nitrogens is 2. The molecule has 0 saturated carbocycles. The summed E-state index contributed by atoms with van der Waals surface area (Å²) in [5.74, 6) is 0.556. The predicted molar refractivity (Wildman–Crippen MR) is 76.2 cm³/mol. The van der Waals surface area contributed by atoms with Crippen LogP contribution >= 0.6 is 0 Å². The second-order valence-electron chi connectivity index (χ2n) is 5.41. The van der Waals surface area contributed by atoms with Gasteiger partial charge in [-0.2, -0.15) is 0 Å². The summed E-state index contributed by atoms with van der Waals surface area (Å²) in [5.41, 5.74) is 1.64. The number of hydrogen-bond donors (Lipinski definition) is 0. The molecule has 0 spiro atoms. The topological polar surface area (TPSA) is 44.3 Å². The van der Waals surface area contributed by atoms with Gasteiger partial charge in [-0.05, 0) is 13.0 Å². The van der Waals surface area contributed by atoms with Crippen LogP contribution in [0.3, 0.4) is 0 Å². The molecular formula is C16H19N2O3+. The van der Waals surface area contributed by atoms with E-state index < -0.39 is 0 Å². The summed E-state index contributed by atoms with van der Waals surface area (Å²) in [6, 6.07) is 8.05. The third-order valence-corrected chi connectivity index (χ3v) is 3.80. The second-order valence-corrected chi connectivity index (χ2v) is 5.41. The lowest BCUT2D eigenvalue weighted by molar-refractivity contribution is -0.671. The molecule has 0 saturated heterocycles. The summed E-state index contributed by atoms with van der Waals surface area (Å²) in [4.78, 5) is 12.0. The normalized spacial score (nSPS) is 20.5. The molecule has 0 radical (unpaired) electrons. The maximum Gasteiger partial charge on any atom is 0.382 e. The zero-order valence-electron chi connectivity index (χ0n) is 12.4. The standard InChI is InChI=1S/C16H19N2O3/c1-11-8-13(12-6-4-5-7-15(12)21-11)18-10-17(2)9-14(18)16(19)20-3/h4-7,9-11,13H,8H2,1-3H3/q+1/t11-,13-/m0/s1.